The number of nitrogens with one attached hydrogen (secondary N) is 1. The first-order chi connectivity index (χ1) is 13.3. The van der Waals surface area contributed by atoms with Crippen LogP contribution in [0.25, 0.3) is 0 Å². The topological polar surface area (TPSA) is 83.1 Å². The first kappa shape index (κ1) is 21.7. The highest BCUT2D eigenvalue weighted by Crippen LogP contribution is 2.34. The monoisotopic (exact) mass is 427 g/mol. The molecule has 28 heavy (non-hydrogen) atoms. The van der Waals surface area contributed by atoms with Gasteiger partial charge in [-0.3, -0.25) is 4.79 Å². The molecular formula is C19H19Cl2NO6. The van der Waals surface area contributed by atoms with Crippen molar-refractivity contribution in [3.63, 3.8) is 0 Å². The first-order valence-electron chi connectivity index (χ1n) is 8.07. The highest BCUT2D eigenvalue weighted by molar-refractivity contribution is 6.34. The van der Waals surface area contributed by atoms with E-state index in [0.717, 1.165) is 0 Å². The van der Waals surface area contributed by atoms with Gasteiger partial charge in [-0.05, 0) is 19.1 Å². The van der Waals surface area contributed by atoms with Crippen LogP contribution in [0.5, 0.6) is 17.2 Å². The molecule has 0 fully saturated rings. The van der Waals surface area contributed by atoms with Crippen LogP contribution in [0.2, 0.25) is 10.0 Å². The summed E-state index contributed by atoms with van der Waals surface area (Å²) in [5, 5.41) is 3.36. The minimum Gasteiger partial charge on any atom is -0.493 e. The van der Waals surface area contributed by atoms with E-state index >= 15 is 0 Å². The third kappa shape index (κ3) is 4.99. The number of ether oxygens (including phenoxy) is 4. The van der Waals surface area contributed by atoms with Crippen molar-refractivity contribution in [3.8, 4) is 17.2 Å². The summed E-state index contributed by atoms with van der Waals surface area (Å²) in [6, 6.07) is 7.55. The van der Waals surface area contributed by atoms with Gasteiger partial charge >= 0.3 is 5.97 Å². The van der Waals surface area contributed by atoms with E-state index in [2.05, 4.69) is 5.32 Å². The van der Waals surface area contributed by atoms with Crippen LogP contribution in [0.1, 0.15) is 17.3 Å². The molecule has 0 bridgehead atoms. The molecule has 9 heteroatoms. The average Bonchev–Trinajstić information content (AvgIpc) is 2.69. The molecule has 2 aromatic carbocycles. The van der Waals surface area contributed by atoms with Crippen molar-refractivity contribution in [3.05, 3.63) is 45.9 Å². The van der Waals surface area contributed by atoms with E-state index in [1.807, 2.05) is 0 Å². The molecule has 2 aromatic rings. The maximum Gasteiger partial charge on any atom is 0.340 e. The number of carbonyl (C=O) groups is 2. The molecule has 0 aliphatic heterocycles. The van der Waals surface area contributed by atoms with Gasteiger partial charge in [-0.15, -0.1) is 0 Å². The van der Waals surface area contributed by atoms with Gasteiger partial charge in [0.15, 0.2) is 17.6 Å². The van der Waals surface area contributed by atoms with Crippen molar-refractivity contribution in [1.29, 1.82) is 0 Å². The summed E-state index contributed by atoms with van der Waals surface area (Å²) in [5.41, 5.74) is 0.281. The van der Waals surface area contributed by atoms with Gasteiger partial charge in [-0.25, -0.2) is 4.79 Å². The Kier molecular flexibility index (Phi) is 7.37. The van der Waals surface area contributed by atoms with Gasteiger partial charge in [-0.1, -0.05) is 23.2 Å². The van der Waals surface area contributed by atoms with Crippen LogP contribution in [0.4, 0.5) is 5.69 Å². The number of hydrogen-bond acceptors (Lipinski definition) is 6. The zero-order valence-electron chi connectivity index (χ0n) is 15.7. The van der Waals surface area contributed by atoms with E-state index in [-0.39, 0.29) is 17.0 Å². The molecule has 1 N–H and O–H groups in total. The number of anilines is 1. The maximum atomic E-state index is 12.6. The zero-order chi connectivity index (χ0) is 20.8. The molecule has 0 aromatic heterocycles. The fourth-order valence-electron chi connectivity index (χ4n) is 2.31. The van der Waals surface area contributed by atoms with E-state index < -0.39 is 18.0 Å². The summed E-state index contributed by atoms with van der Waals surface area (Å²) >= 11 is 12.0. The lowest BCUT2D eigenvalue weighted by Gasteiger charge is -2.18. The van der Waals surface area contributed by atoms with Crippen molar-refractivity contribution >= 4 is 40.8 Å². The number of benzene rings is 2. The summed E-state index contributed by atoms with van der Waals surface area (Å²) in [4.78, 5) is 24.7. The Morgan fingerprint density at radius 2 is 1.61 bits per heavy atom. The molecule has 7 nitrogen and oxygen atoms in total. The van der Waals surface area contributed by atoms with Crippen molar-refractivity contribution in [2.24, 2.45) is 0 Å². The Labute approximate surface area is 172 Å². The third-order valence-corrected chi connectivity index (χ3v) is 4.30. The Hall–Kier alpha value is -2.64. The lowest BCUT2D eigenvalue weighted by molar-refractivity contribution is -0.122. The second-order valence-corrected chi connectivity index (χ2v) is 6.41. The molecule has 0 aliphatic carbocycles. The molecule has 0 unspecified atom stereocenters. The SMILES string of the molecule is COC(=O)c1cc(OC)c(OC)cc1NC(=O)[C@H](C)Oc1cc(Cl)ccc1Cl. The molecule has 1 amide bonds. The van der Waals surface area contributed by atoms with Gasteiger partial charge in [0, 0.05) is 23.2 Å². The Morgan fingerprint density at radius 3 is 2.21 bits per heavy atom. The van der Waals surface area contributed by atoms with Crippen molar-refractivity contribution in [2.75, 3.05) is 26.6 Å². The van der Waals surface area contributed by atoms with Crippen LogP contribution in [-0.4, -0.2) is 39.3 Å². The Balaban J connectivity index is 2.28. The molecule has 0 saturated carbocycles. The minimum atomic E-state index is -0.936. The van der Waals surface area contributed by atoms with Gasteiger partial charge in [-0.2, -0.15) is 0 Å². The van der Waals surface area contributed by atoms with Crippen LogP contribution in [0.15, 0.2) is 30.3 Å². The second-order valence-electron chi connectivity index (χ2n) is 5.57. The van der Waals surface area contributed by atoms with Crippen LogP contribution >= 0.6 is 23.2 Å². The molecule has 0 aliphatic rings. The quantitative estimate of drug-likeness (QED) is 0.666. The standard InChI is InChI=1S/C19H19Cl2NO6/c1-10(28-15-7-11(20)5-6-13(15)21)18(23)22-14-9-17(26-3)16(25-2)8-12(14)19(24)27-4/h5-10H,1-4H3,(H,22,23)/t10-/m0/s1. The molecule has 2 rings (SSSR count). The van der Waals surface area contributed by atoms with Gasteiger partial charge in [0.2, 0.25) is 0 Å². The molecule has 150 valence electrons. The van der Waals surface area contributed by atoms with E-state index in [4.69, 9.17) is 42.1 Å². The van der Waals surface area contributed by atoms with Crippen LogP contribution < -0.4 is 19.5 Å². The average molecular weight is 428 g/mol. The van der Waals surface area contributed by atoms with Gasteiger partial charge in [0.25, 0.3) is 5.91 Å². The lowest BCUT2D eigenvalue weighted by Crippen LogP contribution is -2.31. The van der Waals surface area contributed by atoms with Crippen LogP contribution in [0, 0.1) is 0 Å². The van der Waals surface area contributed by atoms with E-state index in [1.165, 1.54) is 46.5 Å². The molecule has 0 saturated heterocycles. The van der Waals surface area contributed by atoms with E-state index in [0.29, 0.717) is 21.5 Å². The van der Waals surface area contributed by atoms with Crippen LogP contribution in [0.3, 0.4) is 0 Å². The predicted octanol–water partition coefficient (Wildman–Crippen LogP) is 4.20. The third-order valence-electron chi connectivity index (χ3n) is 3.75. The van der Waals surface area contributed by atoms with Gasteiger partial charge in [0.05, 0.1) is 37.6 Å². The normalized spacial score (nSPS) is 11.4. The number of amides is 1. The summed E-state index contributed by atoms with van der Waals surface area (Å²) in [6.07, 6.45) is -0.936. The van der Waals surface area contributed by atoms with Crippen LogP contribution in [-0.2, 0) is 9.53 Å². The predicted molar refractivity (Wildman–Crippen MR) is 106 cm³/mol. The second kappa shape index (κ2) is 9.52. The zero-order valence-corrected chi connectivity index (χ0v) is 17.2. The molecule has 1 atom stereocenters. The number of esters is 1. The summed E-state index contributed by atoms with van der Waals surface area (Å²) in [5.74, 6) is -0.263. The first-order valence-corrected chi connectivity index (χ1v) is 8.83. The summed E-state index contributed by atoms with van der Waals surface area (Å²) in [6.45, 7) is 1.53. The number of hydrogen-bond donors (Lipinski definition) is 1. The fourth-order valence-corrected chi connectivity index (χ4v) is 2.63. The Morgan fingerprint density at radius 1 is 0.964 bits per heavy atom. The smallest absolute Gasteiger partial charge is 0.340 e. The van der Waals surface area contributed by atoms with Crippen molar-refractivity contribution < 1.29 is 28.5 Å². The number of methoxy groups -OCH3 is 3. The highest BCUT2D eigenvalue weighted by Gasteiger charge is 2.22. The number of halogens is 2. The lowest BCUT2D eigenvalue weighted by atomic mass is 10.1. The summed E-state index contributed by atoms with van der Waals surface area (Å²) < 4.78 is 20.8. The Bertz CT molecular complexity index is 887. The molecule has 0 spiro atoms. The van der Waals surface area contributed by atoms with E-state index in [9.17, 15) is 9.59 Å². The van der Waals surface area contributed by atoms with Crippen molar-refractivity contribution in [1.82, 2.24) is 0 Å². The molecular weight excluding hydrogens is 409 g/mol. The van der Waals surface area contributed by atoms with Gasteiger partial charge in [0.1, 0.15) is 5.75 Å². The van der Waals surface area contributed by atoms with E-state index in [1.54, 1.807) is 12.1 Å². The van der Waals surface area contributed by atoms with Crippen molar-refractivity contribution in [2.45, 2.75) is 13.0 Å². The maximum absolute atomic E-state index is 12.6. The molecule has 0 heterocycles. The molecule has 0 radical (unpaired) electrons. The van der Waals surface area contributed by atoms with Gasteiger partial charge < -0.3 is 24.3 Å². The fraction of sp³-hybridized carbons (Fsp3) is 0.263. The minimum absolute atomic E-state index is 0.0986. The largest absolute Gasteiger partial charge is 0.493 e. The summed E-state index contributed by atoms with van der Waals surface area (Å²) in [7, 11) is 4.10. The highest BCUT2D eigenvalue weighted by atomic mass is 35.5. The number of rotatable bonds is 7. The number of carbonyl (C=O) groups excluding carboxylic acids is 2.